The van der Waals surface area contributed by atoms with Gasteiger partial charge in [0.05, 0.1) is 15.4 Å². The first-order valence-corrected chi connectivity index (χ1v) is 7.27. The van der Waals surface area contributed by atoms with Crippen LogP contribution in [0.4, 0.5) is 15.8 Å². The largest absolute Gasteiger partial charge is 0.378 e. The van der Waals surface area contributed by atoms with Gasteiger partial charge in [0, 0.05) is 17.3 Å². The summed E-state index contributed by atoms with van der Waals surface area (Å²) in [5, 5.41) is 14.0. The van der Waals surface area contributed by atoms with Crippen LogP contribution in [0.2, 0.25) is 0 Å². The van der Waals surface area contributed by atoms with Crippen molar-refractivity contribution in [3.63, 3.8) is 0 Å². The SMILES string of the molecule is CCC(Nc1ccc([N+](=O)[O-])c(Br)c1)c1ccccc1F. The molecular weight excluding hydrogens is 339 g/mol. The number of halogens is 2. The van der Waals surface area contributed by atoms with E-state index >= 15 is 0 Å². The van der Waals surface area contributed by atoms with Crippen molar-refractivity contribution in [2.75, 3.05) is 5.32 Å². The van der Waals surface area contributed by atoms with Gasteiger partial charge in [-0.15, -0.1) is 0 Å². The fourth-order valence-electron chi connectivity index (χ4n) is 2.10. The third-order valence-corrected chi connectivity index (χ3v) is 3.81. The van der Waals surface area contributed by atoms with Crippen LogP contribution in [0.25, 0.3) is 0 Å². The van der Waals surface area contributed by atoms with Crippen molar-refractivity contribution in [1.29, 1.82) is 0 Å². The summed E-state index contributed by atoms with van der Waals surface area (Å²) >= 11 is 3.17. The van der Waals surface area contributed by atoms with Gasteiger partial charge >= 0.3 is 0 Å². The summed E-state index contributed by atoms with van der Waals surface area (Å²) in [6.45, 7) is 1.95. The maximum atomic E-state index is 13.8. The fourth-order valence-corrected chi connectivity index (χ4v) is 2.63. The van der Waals surface area contributed by atoms with Crippen molar-refractivity contribution in [3.05, 3.63) is 68.4 Å². The highest BCUT2D eigenvalue weighted by Crippen LogP contribution is 2.30. The van der Waals surface area contributed by atoms with Gasteiger partial charge in [0.15, 0.2) is 0 Å². The van der Waals surface area contributed by atoms with E-state index in [0.29, 0.717) is 22.1 Å². The summed E-state index contributed by atoms with van der Waals surface area (Å²) in [5.41, 5.74) is 1.27. The Hall–Kier alpha value is -1.95. The van der Waals surface area contributed by atoms with E-state index in [-0.39, 0.29) is 17.5 Å². The summed E-state index contributed by atoms with van der Waals surface area (Å²) < 4.78 is 14.2. The minimum Gasteiger partial charge on any atom is -0.378 e. The topological polar surface area (TPSA) is 55.2 Å². The average Bonchev–Trinajstić information content (AvgIpc) is 2.45. The second-order valence-electron chi connectivity index (χ2n) is 4.55. The Morgan fingerprint density at radius 2 is 2.05 bits per heavy atom. The number of hydrogen-bond donors (Lipinski definition) is 1. The molecule has 0 bridgehead atoms. The third-order valence-electron chi connectivity index (χ3n) is 3.17. The number of anilines is 1. The number of nitrogens with zero attached hydrogens (tertiary/aromatic N) is 1. The van der Waals surface area contributed by atoms with Gasteiger partial charge in [-0.05, 0) is 40.5 Å². The second kappa shape index (κ2) is 6.67. The molecule has 1 N–H and O–H groups in total. The lowest BCUT2D eigenvalue weighted by atomic mass is 10.0. The average molecular weight is 353 g/mol. The van der Waals surface area contributed by atoms with Crippen LogP contribution in [-0.4, -0.2) is 4.92 Å². The van der Waals surface area contributed by atoms with Crippen molar-refractivity contribution < 1.29 is 9.31 Å². The first kappa shape index (κ1) is 15.4. The Kier molecular flexibility index (Phi) is 4.90. The monoisotopic (exact) mass is 352 g/mol. The quantitative estimate of drug-likeness (QED) is 0.604. The molecule has 0 aliphatic rings. The van der Waals surface area contributed by atoms with Gasteiger partial charge in [-0.25, -0.2) is 4.39 Å². The predicted octanol–water partition coefficient (Wildman–Crippen LogP) is 5.06. The highest BCUT2D eigenvalue weighted by Gasteiger charge is 2.16. The molecule has 0 aliphatic heterocycles. The maximum absolute atomic E-state index is 13.8. The highest BCUT2D eigenvalue weighted by atomic mass is 79.9. The van der Waals surface area contributed by atoms with Crippen LogP contribution < -0.4 is 5.32 Å². The third kappa shape index (κ3) is 3.58. The van der Waals surface area contributed by atoms with Gasteiger partial charge in [-0.3, -0.25) is 10.1 Å². The molecule has 6 heteroatoms. The Morgan fingerprint density at radius 1 is 1.33 bits per heavy atom. The Labute approximate surface area is 130 Å². The number of nitrogens with one attached hydrogen (secondary N) is 1. The van der Waals surface area contributed by atoms with Crippen LogP contribution >= 0.6 is 15.9 Å². The van der Waals surface area contributed by atoms with Crippen LogP contribution in [-0.2, 0) is 0 Å². The van der Waals surface area contributed by atoms with Gasteiger partial charge in [0.25, 0.3) is 5.69 Å². The molecule has 0 aromatic heterocycles. The molecule has 0 heterocycles. The van der Waals surface area contributed by atoms with E-state index in [4.69, 9.17) is 0 Å². The van der Waals surface area contributed by atoms with Crippen molar-refractivity contribution in [2.24, 2.45) is 0 Å². The van der Waals surface area contributed by atoms with E-state index in [1.54, 1.807) is 30.3 Å². The summed E-state index contributed by atoms with van der Waals surface area (Å²) in [6, 6.07) is 11.1. The summed E-state index contributed by atoms with van der Waals surface area (Å²) in [5.74, 6) is -0.266. The van der Waals surface area contributed by atoms with Gasteiger partial charge in [-0.2, -0.15) is 0 Å². The molecule has 2 aromatic rings. The molecule has 0 aliphatic carbocycles. The van der Waals surface area contributed by atoms with Crippen LogP contribution in [0.3, 0.4) is 0 Å². The smallest absolute Gasteiger partial charge is 0.283 e. The van der Waals surface area contributed by atoms with Gasteiger partial charge in [-0.1, -0.05) is 25.1 Å². The van der Waals surface area contributed by atoms with Crippen LogP contribution in [0.1, 0.15) is 24.9 Å². The molecule has 0 amide bonds. The molecule has 0 radical (unpaired) electrons. The molecule has 2 rings (SSSR count). The molecule has 110 valence electrons. The van der Waals surface area contributed by atoms with Crippen LogP contribution in [0, 0.1) is 15.9 Å². The van der Waals surface area contributed by atoms with Crippen molar-refractivity contribution >= 4 is 27.3 Å². The zero-order chi connectivity index (χ0) is 15.4. The number of hydrogen-bond acceptors (Lipinski definition) is 3. The predicted molar refractivity (Wildman–Crippen MR) is 83.9 cm³/mol. The lowest BCUT2D eigenvalue weighted by Gasteiger charge is -2.19. The molecule has 0 saturated heterocycles. The normalized spacial score (nSPS) is 12.0. The van der Waals surface area contributed by atoms with Crippen molar-refractivity contribution in [3.8, 4) is 0 Å². The Morgan fingerprint density at radius 3 is 2.62 bits per heavy atom. The standard InChI is InChI=1S/C15H14BrFN2O2/c1-2-14(11-5-3-4-6-13(11)17)18-10-7-8-15(19(20)21)12(16)9-10/h3-9,14,18H,2H2,1H3. The van der Waals surface area contributed by atoms with E-state index in [0.717, 1.165) is 0 Å². The second-order valence-corrected chi connectivity index (χ2v) is 5.40. The zero-order valence-electron chi connectivity index (χ0n) is 11.3. The Balaban J connectivity index is 2.25. The molecule has 2 aromatic carbocycles. The number of nitro benzene ring substituents is 1. The fraction of sp³-hybridized carbons (Fsp3) is 0.200. The van der Waals surface area contributed by atoms with E-state index in [1.165, 1.54) is 12.1 Å². The minimum atomic E-state index is -0.456. The van der Waals surface area contributed by atoms with Crippen LogP contribution in [0.5, 0.6) is 0 Å². The molecule has 4 nitrogen and oxygen atoms in total. The van der Waals surface area contributed by atoms with Gasteiger partial charge < -0.3 is 5.32 Å². The van der Waals surface area contributed by atoms with Gasteiger partial charge in [0.1, 0.15) is 5.82 Å². The lowest BCUT2D eigenvalue weighted by molar-refractivity contribution is -0.385. The molecule has 1 unspecified atom stereocenters. The zero-order valence-corrected chi connectivity index (χ0v) is 12.9. The van der Waals surface area contributed by atoms with Crippen molar-refractivity contribution in [1.82, 2.24) is 0 Å². The van der Waals surface area contributed by atoms with E-state index < -0.39 is 4.92 Å². The number of rotatable bonds is 5. The van der Waals surface area contributed by atoms with E-state index in [9.17, 15) is 14.5 Å². The molecule has 21 heavy (non-hydrogen) atoms. The molecule has 0 spiro atoms. The van der Waals surface area contributed by atoms with Gasteiger partial charge in [0.2, 0.25) is 0 Å². The summed E-state index contributed by atoms with van der Waals surface area (Å²) in [4.78, 5) is 10.3. The highest BCUT2D eigenvalue weighted by molar-refractivity contribution is 9.10. The van der Waals surface area contributed by atoms with Crippen molar-refractivity contribution in [2.45, 2.75) is 19.4 Å². The number of nitro groups is 1. The molecule has 1 atom stereocenters. The van der Waals surface area contributed by atoms with E-state index in [1.807, 2.05) is 6.92 Å². The van der Waals surface area contributed by atoms with E-state index in [2.05, 4.69) is 21.2 Å². The first-order chi connectivity index (χ1) is 10.0. The van der Waals surface area contributed by atoms with Crippen LogP contribution in [0.15, 0.2) is 46.9 Å². The maximum Gasteiger partial charge on any atom is 0.283 e. The first-order valence-electron chi connectivity index (χ1n) is 6.47. The number of benzene rings is 2. The summed E-state index contributed by atoms with van der Waals surface area (Å²) in [6.07, 6.45) is 0.690. The summed E-state index contributed by atoms with van der Waals surface area (Å²) in [7, 11) is 0. The molecule has 0 saturated carbocycles. The Bertz CT molecular complexity index is 664. The molecule has 0 fully saturated rings. The molecular formula is C15H14BrFN2O2. The minimum absolute atomic E-state index is 0.000472. The lowest BCUT2D eigenvalue weighted by Crippen LogP contribution is -2.11.